The molecule has 0 aliphatic carbocycles. The maximum atomic E-state index is 10.4. The number of rotatable bonds is 0. The summed E-state index contributed by atoms with van der Waals surface area (Å²) in [6, 6.07) is 0. The van der Waals surface area contributed by atoms with Crippen LogP contribution in [0.25, 0.3) is 0 Å². The van der Waals surface area contributed by atoms with E-state index in [1.165, 1.54) is 0 Å². The maximum absolute atomic E-state index is 11.1. The van der Waals surface area contributed by atoms with Crippen molar-refractivity contribution < 1.29 is 41.7 Å². The average Bonchev–Trinajstić information content (AvgIpc) is 1.50. The zero-order chi connectivity index (χ0) is 12.5. The van der Waals surface area contributed by atoms with Crippen molar-refractivity contribution in [3.05, 3.63) is 0 Å². The van der Waals surface area contributed by atoms with Gasteiger partial charge in [0.1, 0.15) is 0 Å². The van der Waals surface area contributed by atoms with Gasteiger partial charge >= 0.3 is 52.1 Å². The molecule has 0 aromatic rings. The molecular weight excluding hydrogens is 328 g/mol. The molecule has 0 aromatic heterocycles. The molecule has 14 heavy (non-hydrogen) atoms. The first-order valence-corrected chi connectivity index (χ1v) is 7.37. The van der Waals surface area contributed by atoms with Crippen molar-refractivity contribution in [1.82, 2.24) is 0 Å². The van der Waals surface area contributed by atoms with E-state index in [4.69, 9.17) is 0 Å². The topological polar surface area (TPSA) is 0 Å². The van der Waals surface area contributed by atoms with E-state index in [1.807, 2.05) is 0 Å². The van der Waals surface area contributed by atoms with Gasteiger partial charge in [-0.15, -0.1) is 13.2 Å². The van der Waals surface area contributed by atoms with Crippen LogP contribution in [-0.4, -0.2) is 19.7 Å². The van der Waals surface area contributed by atoms with Gasteiger partial charge in [0.2, 0.25) is 0 Å². The first-order valence-electron chi connectivity index (χ1n) is 2.09. The second kappa shape index (κ2) is 3.32. The Hall–Kier alpha value is 0.138. The fraction of sp³-hybridized carbons (Fsp3) is 1.00. The SMILES string of the molecule is F[As-](F)(F)(F)(F)F.F[S+](F)C(F)(F)F. The van der Waals surface area contributed by atoms with Gasteiger partial charge in [-0.1, -0.05) is 0 Å². The largest absolute Gasteiger partial charge is 0.656 e. The molecule has 0 aliphatic heterocycles. The Morgan fingerprint density at radius 1 is 0.714 bits per heavy atom. The predicted octanol–water partition coefficient (Wildman–Crippen LogP) is 4.03. The number of halogens is 11. The van der Waals surface area contributed by atoms with Gasteiger partial charge in [-0.25, -0.2) is 0 Å². The Morgan fingerprint density at radius 3 is 0.786 bits per heavy atom. The van der Waals surface area contributed by atoms with Crippen LogP contribution in [0.5, 0.6) is 0 Å². The molecule has 0 saturated carbocycles. The van der Waals surface area contributed by atoms with Crippen molar-refractivity contribution in [3.63, 3.8) is 0 Å². The smallest absolute Gasteiger partial charge is 0.117 e. The summed E-state index contributed by atoms with van der Waals surface area (Å²) in [6.45, 7) is 0. The molecule has 0 spiro atoms. The van der Waals surface area contributed by atoms with Crippen molar-refractivity contribution in [1.29, 1.82) is 0 Å². The fourth-order valence-electron chi connectivity index (χ4n) is 0. The number of hydrogen-bond acceptors (Lipinski definition) is 0. The fourth-order valence-corrected chi connectivity index (χ4v) is 0. The molecule has 0 atom stereocenters. The van der Waals surface area contributed by atoms with E-state index < -0.39 is 31.3 Å². The minimum atomic E-state index is -11.1. The normalized spacial score (nSPS) is 18.0. The summed E-state index contributed by atoms with van der Waals surface area (Å²) >= 11 is -15.5. The van der Waals surface area contributed by atoms with Crippen LogP contribution in [0.15, 0.2) is 0 Å². The van der Waals surface area contributed by atoms with Crippen LogP contribution in [0.2, 0.25) is 0 Å². The molecule has 0 radical (unpaired) electrons. The minimum absolute atomic E-state index is 4.43. The second-order valence-corrected chi connectivity index (χ2v) is 6.53. The van der Waals surface area contributed by atoms with Gasteiger partial charge in [0.25, 0.3) is 0 Å². The monoisotopic (exact) mass is 328 g/mol. The summed E-state index contributed by atoms with van der Waals surface area (Å²) in [7, 11) is 0. The molecule has 0 saturated heterocycles. The van der Waals surface area contributed by atoms with Crippen LogP contribution in [0.3, 0.4) is 0 Å². The molecule has 13 heteroatoms. The molecule has 0 unspecified atom stereocenters. The van der Waals surface area contributed by atoms with Crippen molar-refractivity contribution in [2.75, 3.05) is 0 Å². The summed E-state index contributed by atoms with van der Waals surface area (Å²) in [6.07, 6.45) is 0. The molecule has 0 aliphatic rings. The molecule has 0 aromatic carbocycles. The van der Waals surface area contributed by atoms with E-state index in [0.29, 0.717) is 0 Å². The summed E-state index contributed by atoms with van der Waals surface area (Å²) in [4.78, 5) is 0. The third-order valence-electron chi connectivity index (χ3n) is 0.175. The summed E-state index contributed by atoms with van der Waals surface area (Å²) in [5.74, 6) is 0. The van der Waals surface area contributed by atoms with E-state index in [2.05, 4.69) is 0 Å². The Balaban J connectivity index is 0. The zero-order valence-corrected chi connectivity index (χ0v) is 8.21. The van der Waals surface area contributed by atoms with Crippen molar-refractivity contribution >= 4 is 25.8 Å². The van der Waals surface area contributed by atoms with Crippen LogP contribution in [0, 0.1) is 0 Å². The quantitative estimate of drug-likeness (QED) is 0.358. The molecule has 0 rings (SSSR count). The Labute approximate surface area is 73.8 Å². The van der Waals surface area contributed by atoms with Crippen molar-refractivity contribution in [2.24, 2.45) is 0 Å². The minimum Gasteiger partial charge on any atom is -0.117 e. The van der Waals surface area contributed by atoms with Gasteiger partial charge in [0.05, 0.1) is 7.77 Å². The van der Waals surface area contributed by atoms with Gasteiger partial charge in [-0.05, 0) is 0 Å². The average molecular weight is 328 g/mol. The van der Waals surface area contributed by atoms with Crippen molar-refractivity contribution in [3.8, 4) is 0 Å². The van der Waals surface area contributed by atoms with Crippen molar-refractivity contribution in [2.45, 2.75) is 5.51 Å². The van der Waals surface area contributed by atoms with E-state index in [9.17, 15) is 41.7 Å². The Kier molecular flexibility index (Phi) is 3.93. The van der Waals surface area contributed by atoms with Crippen LogP contribution < -0.4 is 0 Å². The number of hydrogen-bond donors (Lipinski definition) is 0. The summed E-state index contributed by atoms with van der Waals surface area (Å²) in [5, 5.41) is 0. The van der Waals surface area contributed by atoms with Crippen LogP contribution in [0.1, 0.15) is 0 Å². The zero-order valence-electron chi connectivity index (χ0n) is 5.51. The first-order chi connectivity index (χ1) is 5.39. The van der Waals surface area contributed by atoms with E-state index >= 15 is 0 Å². The third-order valence-corrected chi connectivity index (χ3v) is 0.525. The maximum Gasteiger partial charge on any atom is 0.656 e. The Bertz CT molecular complexity index is 165. The summed E-state index contributed by atoms with van der Waals surface area (Å²) < 4.78 is 112. The first kappa shape index (κ1) is 16.6. The van der Waals surface area contributed by atoms with Gasteiger partial charge in [-0.3, -0.25) is 0 Å². The van der Waals surface area contributed by atoms with E-state index in [-0.39, 0.29) is 0 Å². The third kappa shape index (κ3) is 40.0. The predicted molar refractivity (Wildman–Crippen MR) is 28.0 cm³/mol. The molecule has 92 valence electrons. The van der Waals surface area contributed by atoms with E-state index in [0.717, 1.165) is 0 Å². The molecule has 0 heterocycles. The van der Waals surface area contributed by atoms with Crippen LogP contribution >= 0.6 is 0 Å². The summed E-state index contributed by atoms with van der Waals surface area (Å²) in [5.41, 5.74) is -5.31. The molecule has 0 bridgehead atoms. The van der Waals surface area contributed by atoms with Gasteiger partial charge in [0.15, 0.2) is 0 Å². The molecular formula is CAsF11S. The van der Waals surface area contributed by atoms with Gasteiger partial charge in [-0.2, -0.15) is 0 Å². The molecule has 0 nitrogen and oxygen atoms in total. The standard InChI is InChI=1S/CF5S.AsF6/c2-1(3,4)7(5)6;2-1(3,4,5,6)7/q+1;-1. The number of alkyl halides is 3. The molecule has 0 N–H and O–H groups in total. The second-order valence-electron chi connectivity index (χ2n) is 1.62. The molecule has 0 fully saturated rings. The van der Waals surface area contributed by atoms with E-state index in [1.54, 1.807) is 0 Å². The van der Waals surface area contributed by atoms with Gasteiger partial charge < -0.3 is 0 Å². The molecule has 0 amide bonds. The Morgan fingerprint density at radius 2 is 0.786 bits per heavy atom. The van der Waals surface area contributed by atoms with Gasteiger partial charge in [0, 0.05) is 0 Å². The van der Waals surface area contributed by atoms with Crippen LogP contribution in [-0.2, 0) is 11.7 Å². The van der Waals surface area contributed by atoms with Crippen LogP contribution in [0.4, 0.5) is 41.7 Å².